The zero-order chi connectivity index (χ0) is 20.5. The minimum absolute atomic E-state index is 0.000000341. The molecule has 3 atom stereocenters. The maximum absolute atomic E-state index is 13.5. The third kappa shape index (κ3) is 3.18. The smallest absolute Gasteiger partial charge is 0.252 e. The van der Waals surface area contributed by atoms with Gasteiger partial charge < -0.3 is 9.64 Å². The van der Waals surface area contributed by atoms with Gasteiger partial charge in [0.05, 0.1) is 30.0 Å². The highest BCUT2D eigenvalue weighted by Crippen LogP contribution is 2.46. The predicted molar refractivity (Wildman–Crippen MR) is 117 cm³/mol. The third-order valence-electron chi connectivity index (χ3n) is 6.33. The summed E-state index contributed by atoms with van der Waals surface area (Å²) in [4.78, 5) is 15.5. The number of rotatable bonds is 5. The number of nitrogens with zero attached hydrogens (tertiary/aromatic N) is 2. The molecule has 2 aliphatic heterocycles. The lowest BCUT2D eigenvalue weighted by atomic mass is 9.82. The van der Waals surface area contributed by atoms with Crippen LogP contribution in [0.3, 0.4) is 0 Å². The summed E-state index contributed by atoms with van der Waals surface area (Å²) in [5, 5.41) is 4.67. The highest BCUT2D eigenvalue weighted by Gasteiger charge is 2.54. The lowest BCUT2D eigenvalue weighted by Gasteiger charge is -2.31. The molecule has 2 aliphatic carbocycles. The molecule has 1 amide bonds. The first kappa shape index (κ1) is 18.9. The summed E-state index contributed by atoms with van der Waals surface area (Å²) in [5.74, 6) is 1.14. The number of fused-ring (bicyclic) bond motifs is 1. The fourth-order valence-electron chi connectivity index (χ4n) is 4.98. The Morgan fingerprint density at radius 3 is 2.70 bits per heavy atom. The fraction of sp³-hybridized carbons (Fsp3) is 0.360. The Morgan fingerprint density at radius 2 is 2.00 bits per heavy atom. The summed E-state index contributed by atoms with van der Waals surface area (Å²) in [6.45, 7) is 2.69. The number of hydrazone groups is 1. The molecular formula is C25H27N3O2. The van der Waals surface area contributed by atoms with E-state index in [1.807, 2.05) is 17.9 Å². The van der Waals surface area contributed by atoms with Gasteiger partial charge >= 0.3 is 0 Å². The molecular weight excluding hydrogens is 374 g/mol. The Labute approximate surface area is 177 Å². The van der Waals surface area contributed by atoms with Gasteiger partial charge in [-0.2, -0.15) is 5.10 Å². The van der Waals surface area contributed by atoms with E-state index in [9.17, 15) is 4.79 Å². The van der Waals surface area contributed by atoms with E-state index < -0.39 is 0 Å². The topological polar surface area (TPSA) is 53.9 Å². The monoisotopic (exact) mass is 401 g/mol. The summed E-state index contributed by atoms with van der Waals surface area (Å²) in [5.41, 5.74) is 7.66. The highest BCUT2D eigenvalue weighted by molar-refractivity contribution is 6.09. The standard InChI is InChI=1S/C25H27N3O2/c1-2-30-20-15-13-17(14-16-20)22-21-23(27-26-22)25(29)28(19-11-7-4-8-12-19)24(21)18-9-5-3-6-10-18/h3-7,9-11,13,15,21,23-24,27H,2,8,12,14,16H2,1H3. The lowest BCUT2D eigenvalue weighted by Crippen LogP contribution is -2.35. The second-order valence-electron chi connectivity index (χ2n) is 8.08. The van der Waals surface area contributed by atoms with Gasteiger partial charge in [-0.15, -0.1) is 0 Å². The Bertz CT molecular complexity index is 987. The molecule has 30 heavy (non-hydrogen) atoms. The van der Waals surface area contributed by atoms with E-state index in [1.54, 1.807) is 0 Å². The van der Waals surface area contributed by atoms with Crippen LogP contribution < -0.4 is 5.43 Å². The number of allylic oxidation sites excluding steroid dienone is 8. The van der Waals surface area contributed by atoms with E-state index >= 15 is 0 Å². The Morgan fingerprint density at radius 1 is 1.13 bits per heavy atom. The molecule has 4 aliphatic rings. The summed E-state index contributed by atoms with van der Waals surface area (Å²) in [7, 11) is 0. The maximum atomic E-state index is 13.5. The van der Waals surface area contributed by atoms with E-state index in [1.165, 1.54) is 5.57 Å². The number of likely N-dealkylation sites (tertiary alicyclic amines) is 1. The molecule has 1 aromatic carbocycles. The van der Waals surface area contributed by atoms with Crippen LogP contribution in [0.25, 0.3) is 0 Å². The minimum Gasteiger partial charge on any atom is -0.498 e. The second-order valence-corrected chi connectivity index (χ2v) is 8.08. The van der Waals surface area contributed by atoms with Crippen LogP contribution in [0.15, 0.2) is 82.8 Å². The molecule has 0 radical (unpaired) electrons. The van der Waals surface area contributed by atoms with Crippen LogP contribution in [0.4, 0.5) is 0 Å². The summed E-state index contributed by atoms with van der Waals surface area (Å²) >= 11 is 0. The molecule has 1 aromatic rings. The number of hydrogen-bond donors (Lipinski definition) is 1. The normalized spacial score (nSPS) is 27.7. The summed E-state index contributed by atoms with van der Waals surface area (Å²) in [6, 6.07) is 10.0. The predicted octanol–water partition coefficient (Wildman–Crippen LogP) is 4.39. The average Bonchev–Trinajstić information content (AvgIpc) is 3.35. The van der Waals surface area contributed by atoms with Crippen molar-refractivity contribution in [2.24, 2.45) is 11.0 Å². The van der Waals surface area contributed by atoms with Gasteiger partial charge in [0.1, 0.15) is 6.04 Å². The van der Waals surface area contributed by atoms with E-state index in [4.69, 9.17) is 4.74 Å². The van der Waals surface area contributed by atoms with Crippen LogP contribution in [0, 0.1) is 5.92 Å². The van der Waals surface area contributed by atoms with E-state index in [0.717, 1.165) is 48.4 Å². The zero-order valence-corrected chi connectivity index (χ0v) is 17.3. The molecule has 1 fully saturated rings. The van der Waals surface area contributed by atoms with Crippen LogP contribution >= 0.6 is 0 Å². The number of ether oxygens (including phenoxy) is 1. The SMILES string of the molecule is CCOC1=CC=C(C2=NNC3C(=O)N(C4=CC=CCC4)C(c4ccccc4)C23)CC1. The van der Waals surface area contributed by atoms with Gasteiger partial charge in [-0.1, -0.05) is 48.6 Å². The first-order chi connectivity index (χ1) is 14.8. The Balaban J connectivity index is 1.54. The molecule has 5 rings (SSSR count). The quantitative estimate of drug-likeness (QED) is 0.796. The van der Waals surface area contributed by atoms with Crippen LogP contribution in [0.2, 0.25) is 0 Å². The van der Waals surface area contributed by atoms with Gasteiger partial charge in [0.25, 0.3) is 5.91 Å². The van der Waals surface area contributed by atoms with Gasteiger partial charge in [0.2, 0.25) is 0 Å². The Hall–Kier alpha value is -3.08. The molecule has 0 spiro atoms. The van der Waals surface area contributed by atoms with E-state index in [-0.39, 0.29) is 23.9 Å². The largest absolute Gasteiger partial charge is 0.498 e. The van der Waals surface area contributed by atoms with Crippen molar-refractivity contribution in [2.75, 3.05) is 6.61 Å². The molecule has 5 heteroatoms. The minimum atomic E-state index is -0.310. The molecule has 1 saturated heterocycles. The number of carbonyl (C=O) groups excluding carboxylic acids is 1. The van der Waals surface area contributed by atoms with Gasteiger partial charge in [-0.3, -0.25) is 10.2 Å². The second kappa shape index (κ2) is 7.98. The fourth-order valence-corrected chi connectivity index (χ4v) is 4.98. The van der Waals surface area contributed by atoms with E-state index in [2.05, 4.69) is 65.2 Å². The molecule has 0 aromatic heterocycles. The van der Waals surface area contributed by atoms with Gasteiger partial charge in [0, 0.05) is 12.1 Å². The van der Waals surface area contributed by atoms with Crippen molar-refractivity contribution in [3.63, 3.8) is 0 Å². The van der Waals surface area contributed by atoms with Crippen molar-refractivity contribution in [3.8, 4) is 0 Å². The molecule has 5 nitrogen and oxygen atoms in total. The van der Waals surface area contributed by atoms with Gasteiger partial charge in [0.15, 0.2) is 0 Å². The van der Waals surface area contributed by atoms with Crippen molar-refractivity contribution >= 4 is 11.6 Å². The van der Waals surface area contributed by atoms with Crippen LogP contribution in [0.5, 0.6) is 0 Å². The van der Waals surface area contributed by atoms with Crippen LogP contribution in [-0.2, 0) is 9.53 Å². The van der Waals surface area contributed by atoms with Crippen molar-refractivity contribution in [3.05, 3.63) is 83.3 Å². The van der Waals surface area contributed by atoms with Crippen molar-refractivity contribution in [2.45, 2.75) is 44.7 Å². The third-order valence-corrected chi connectivity index (χ3v) is 6.33. The molecule has 2 heterocycles. The molecule has 1 N–H and O–H groups in total. The number of amides is 1. The summed E-state index contributed by atoms with van der Waals surface area (Å²) < 4.78 is 5.67. The van der Waals surface area contributed by atoms with Crippen LogP contribution in [-0.4, -0.2) is 29.2 Å². The summed E-state index contributed by atoms with van der Waals surface area (Å²) in [6.07, 6.45) is 14.1. The highest BCUT2D eigenvalue weighted by atomic mass is 16.5. The number of nitrogens with one attached hydrogen (secondary N) is 1. The Kier molecular flexibility index (Phi) is 5.03. The molecule has 3 unspecified atom stereocenters. The number of benzene rings is 1. The van der Waals surface area contributed by atoms with Crippen molar-refractivity contribution in [1.82, 2.24) is 10.3 Å². The first-order valence-corrected chi connectivity index (χ1v) is 10.9. The molecule has 0 saturated carbocycles. The van der Waals surface area contributed by atoms with Crippen LogP contribution in [0.1, 0.15) is 44.2 Å². The number of hydrogen-bond acceptors (Lipinski definition) is 4. The zero-order valence-electron chi connectivity index (χ0n) is 17.3. The lowest BCUT2D eigenvalue weighted by molar-refractivity contribution is -0.128. The molecule has 154 valence electrons. The molecule has 0 bridgehead atoms. The maximum Gasteiger partial charge on any atom is 0.252 e. The van der Waals surface area contributed by atoms with Crippen molar-refractivity contribution < 1.29 is 9.53 Å². The van der Waals surface area contributed by atoms with E-state index in [0.29, 0.717) is 6.61 Å². The number of carbonyl (C=O) groups is 1. The van der Waals surface area contributed by atoms with Gasteiger partial charge in [-0.25, -0.2) is 0 Å². The first-order valence-electron chi connectivity index (χ1n) is 10.9. The van der Waals surface area contributed by atoms with Gasteiger partial charge in [-0.05, 0) is 49.5 Å². The van der Waals surface area contributed by atoms with Crippen molar-refractivity contribution in [1.29, 1.82) is 0 Å². The average molecular weight is 402 g/mol.